The van der Waals surface area contributed by atoms with Crippen LogP contribution < -0.4 is 15.5 Å². The summed E-state index contributed by atoms with van der Waals surface area (Å²) < 4.78 is 0. The van der Waals surface area contributed by atoms with Crippen molar-refractivity contribution < 1.29 is 4.79 Å². The second-order valence-corrected chi connectivity index (χ2v) is 6.35. The monoisotopic (exact) mass is 343 g/mol. The minimum atomic E-state index is -0.0107. The van der Waals surface area contributed by atoms with Crippen LogP contribution in [0.4, 0.5) is 17.1 Å². The molecule has 0 spiro atoms. The number of nitrogens with zero attached hydrogens (tertiary/aromatic N) is 1. The van der Waals surface area contributed by atoms with Gasteiger partial charge in [-0.25, -0.2) is 0 Å². The van der Waals surface area contributed by atoms with Crippen LogP contribution in [0, 0.1) is 0 Å². The van der Waals surface area contributed by atoms with Gasteiger partial charge in [-0.3, -0.25) is 4.79 Å². The van der Waals surface area contributed by atoms with Gasteiger partial charge in [-0.05, 0) is 49.2 Å². The molecule has 3 rings (SSSR count). The molecule has 1 saturated heterocycles. The van der Waals surface area contributed by atoms with Crippen molar-refractivity contribution in [1.82, 2.24) is 0 Å². The van der Waals surface area contributed by atoms with E-state index in [1.54, 1.807) is 0 Å². The van der Waals surface area contributed by atoms with Gasteiger partial charge in [0.05, 0.1) is 10.7 Å². The maximum Gasteiger partial charge on any atom is 0.226 e. The number of benzene rings is 2. The van der Waals surface area contributed by atoms with Crippen molar-refractivity contribution in [1.29, 1.82) is 0 Å². The zero-order valence-corrected chi connectivity index (χ0v) is 14.4. The molecule has 4 nitrogen and oxygen atoms in total. The fourth-order valence-corrected chi connectivity index (χ4v) is 3.07. The maximum atomic E-state index is 12.0. The first-order valence-corrected chi connectivity index (χ1v) is 8.73. The molecule has 1 amide bonds. The Bertz CT molecular complexity index is 681. The number of anilines is 3. The van der Waals surface area contributed by atoms with Gasteiger partial charge in [0, 0.05) is 37.4 Å². The molecule has 5 heteroatoms. The van der Waals surface area contributed by atoms with E-state index >= 15 is 0 Å². The summed E-state index contributed by atoms with van der Waals surface area (Å²) in [4.78, 5) is 14.4. The highest BCUT2D eigenvalue weighted by Crippen LogP contribution is 2.22. The molecular weight excluding hydrogens is 322 g/mol. The lowest BCUT2D eigenvalue weighted by Gasteiger charge is -2.17. The Kier molecular flexibility index (Phi) is 5.59. The molecule has 0 aliphatic carbocycles. The normalized spacial score (nSPS) is 13.8. The Morgan fingerprint density at radius 2 is 1.75 bits per heavy atom. The summed E-state index contributed by atoms with van der Waals surface area (Å²) in [5.74, 6) is -0.0107. The quantitative estimate of drug-likeness (QED) is 0.818. The van der Waals surface area contributed by atoms with Gasteiger partial charge in [0.15, 0.2) is 0 Å². The van der Waals surface area contributed by atoms with Crippen LogP contribution in [-0.4, -0.2) is 25.5 Å². The average Bonchev–Trinajstić information content (AvgIpc) is 3.12. The number of carbonyl (C=O) groups is 1. The SMILES string of the molecule is O=C(CCNc1ccccc1Cl)Nc1ccc(N2CCCC2)cc1. The molecule has 126 valence electrons. The molecule has 1 aliphatic rings. The predicted octanol–water partition coefficient (Wildman–Crippen LogP) is 4.38. The molecule has 0 radical (unpaired) electrons. The van der Waals surface area contributed by atoms with Gasteiger partial charge in [0.1, 0.15) is 0 Å². The summed E-state index contributed by atoms with van der Waals surface area (Å²) >= 11 is 6.07. The molecular formula is C19H22ClN3O. The zero-order chi connectivity index (χ0) is 16.8. The van der Waals surface area contributed by atoms with Crippen molar-refractivity contribution in [3.63, 3.8) is 0 Å². The minimum absolute atomic E-state index is 0.0107. The smallest absolute Gasteiger partial charge is 0.226 e. The molecule has 1 heterocycles. The van der Waals surface area contributed by atoms with Crippen molar-refractivity contribution in [2.45, 2.75) is 19.3 Å². The number of nitrogens with one attached hydrogen (secondary N) is 2. The number of rotatable bonds is 6. The van der Waals surface area contributed by atoms with Gasteiger partial charge in [-0.15, -0.1) is 0 Å². The fraction of sp³-hybridized carbons (Fsp3) is 0.316. The van der Waals surface area contributed by atoms with Gasteiger partial charge in [0.2, 0.25) is 5.91 Å². The topological polar surface area (TPSA) is 44.4 Å². The Labute approximate surface area is 147 Å². The summed E-state index contributed by atoms with van der Waals surface area (Å²) in [6.07, 6.45) is 2.91. The number of hydrogen-bond donors (Lipinski definition) is 2. The second-order valence-electron chi connectivity index (χ2n) is 5.95. The van der Waals surface area contributed by atoms with Gasteiger partial charge >= 0.3 is 0 Å². The van der Waals surface area contributed by atoms with Gasteiger partial charge in [-0.1, -0.05) is 23.7 Å². The molecule has 0 atom stereocenters. The Morgan fingerprint density at radius 3 is 2.46 bits per heavy atom. The van der Waals surface area contributed by atoms with Crippen LogP contribution in [0.25, 0.3) is 0 Å². The second kappa shape index (κ2) is 8.06. The Balaban J connectivity index is 1.45. The summed E-state index contributed by atoms with van der Waals surface area (Å²) in [5, 5.41) is 6.77. The highest BCUT2D eigenvalue weighted by Gasteiger charge is 2.12. The predicted molar refractivity (Wildman–Crippen MR) is 101 cm³/mol. The largest absolute Gasteiger partial charge is 0.383 e. The van der Waals surface area contributed by atoms with Crippen molar-refractivity contribution in [2.75, 3.05) is 35.2 Å². The number of hydrogen-bond acceptors (Lipinski definition) is 3. The number of para-hydroxylation sites is 1. The first kappa shape index (κ1) is 16.7. The summed E-state index contributed by atoms with van der Waals surface area (Å²) in [6, 6.07) is 15.6. The molecule has 1 aliphatic heterocycles. The van der Waals surface area contributed by atoms with Gasteiger partial charge < -0.3 is 15.5 Å². The minimum Gasteiger partial charge on any atom is -0.383 e. The zero-order valence-electron chi connectivity index (χ0n) is 13.6. The van der Waals surface area contributed by atoms with E-state index in [1.165, 1.54) is 18.5 Å². The molecule has 2 aromatic rings. The Hall–Kier alpha value is -2.20. The van der Waals surface area contributed by atoms with Crippen LogP contribution in [0.5, 0.6) is 0 Å². The molecule has 24 heavy (non-hydrogen) atoms. The van der Waals surface area contributed by atoms with Crippen LogP contribution >= 0.6 is 11.6 Å². The highest BCUT2D eigenvalue weighted by atomic mass is 35.5. The van der Waals surface area contributed by atoms with E-state index in [0.717, 1.165) is 24.5 Å². The maximum absolute atomic E-state index is 12.0. The molecule has 2 aromatic carbocycles. The first-order valence-electron chi connectivity index (χ1n) is 8.35. The lowest BCUT2D eigenvalue weighted by Crippen LogP contribution is -2.18. The summed E-state index contributed by atoms with van der Waals surface area (Å²) in [6.45, 7) is 2.79. The van der Waals surface area contributed by atoms with E-state index in [0.29, 0.717) is 18.0 Å². The Morgan fingerprint density at radius 1 is 1.04 bits per heavy atom. The van der Waals surface area contributed by atoms with Crippen LogP contribution in [0.15, 0.2) is 48.5 Å². The van der Waals surface area contributed by atoms with Crippen LogP contribution in [0.2, 0.25) is 5.02 Å². The van der Waals surface area contributed by atoms with E-state index in [-0.39, 0.29) is 5.91 Å². The van der Waals surface area contributed by atoms with E-state index in [2.05, 4.69) is 27.7 Å². The van der Waals surface area contributed by atoms with Gasteiger partial charge in [-0.2, -0.15) is 0 Å². The van der Waals surface area contributed by atoms with Crippen molar-refractivity contribution >= 4 is 34.6 Å². The number of amides is 1. The molecule has 0 aromatic heterocycles. The molecule has 0 bridgehead atoms. The summed E-state index contributed by atoms with van der Waals surface area (Å²) in [5.41, 5.74) is 2.91. The average molecular weight is 344 g/mol. The lowest BCUT2D eigenvalue weighted by atomic mass is 10.2. The van der Waals surface area contributed by atoms with Crippen molar-refractivity contribution in [3.05, 3.63) is 53.6 Å². The first-order chi connectivity index (χ1) is 11.7. The third-order valence-corrected chi connectivity index (χ3v) is 4.49. The van der Waals surface area contributed by atoms with E-state index in [9.17, 15) is 4.79 Å². The molecule has 1 fully saturated rings. The van der Waals surface area contributed by atoms with Crippen molar-refractivity contribution in [3.8, 4) is 0 Å². The summed E-state index contributed by atoms with van der Waals surface area (Å²) in [7, 11) is 0. The van der Waals surface area contributed by atoms with Crippen LogP contribution in [-0.2, 0) is 4.79 Å². The molecule has 0 saturated carbocycles. The van der Waals surface area contributed by atoms with Gasteiger partial charge in [0.25, 0.3) is 0 Å². The number of halogens is 1. The fourth-order valence-electron chi connectivity index (χ4n) is 2.87. The van der Waals surface area contributed by atoms with Crippen LogP contribution in [0.1, 0.15) is 19.3 Å². The van der Waals surface area contributed by atoms with Crippen LogP contribution in [0.3, 0.4) is 0 Å². The standard InChI is InChI=1S/C19H22ClN3O/c20-17-5-1-2-6-18(17)21-12-11-19(24)22-15-7-9-16(10-8-15)23-13-3-4-14-23/h1-2,5-10,21H,3-4,11-14H2,(H,22,24). The van der Waals surface area contributed by atoms with Crippen molar-refractivity contribution in [2.24, 2.45) is 0 Å². The third kappa shape index (κ3) is 4.42. The lowest BCUT2D eigenvalue weighted by molar-refractivity contribution is -0.115. The van der Waals surface area contributed by atoms with E-state index in [1.807, 2.05) is 36.4 Å². The third-order valence-electron chi connectivity index (χ3n) is 4.16. The van der Waals surface area contributed by atoms with E-state index < -0.39 is 0 Å². The molecule has 2 N–H and O–H groups in total. The number of carbonyl (C=O) groups excluding carboxylic acids is 1. The van der Waals surface area contributed by atoms with E-state index in [4.69, 9.17) is 11.6 Å². The molecule has 0 unspecified atom stereocenters. The highest BCUT2D eigenvalue weighted by molar-refractivity contribution is 6.33.